The minimum atomic E-state index is -5.12. The average molecular weight is 552 g/mol. The van der Waals surface area contributed by atoms with Gasteiger partial charge < -0.3 is 5.11 Å². The van der Waals surface area contributed by atoms with Crippen molar-refractivity contribution in [2.24, 2.45) is 0 Å². The van der Waals surface area contributed by atoms with Gasteiger partial charge in [0.1, 0.15) is 22.9 Å². The standard InChI is InChI=1S/C26H19F3N6O5/c1-3-25(26(27,28)29,20-9-16(24(37)38)5-7-22(20)35(39)40)23-13-34(33-32-23)12-15-4-6-18-19(14(2)36)10-17(11-30)31-21(18)8-15/h4-10,13H,3,12H2,1-2H3,(H,37,38). The molecular weight excluding hydrogens is 533 g/mol. The molecule has 0 amide bonds. The van der Waals surface area contributed by atoms with Gasteiger partial charge in [-0.3, -0.25) is 14.9 Å². The molecule has 1 atom stereocenters. The number of hydrogen-bond donors (Lipinski definition) is 1. The Bertz CT molecular complexity index is 1730. The van der Waals surface area contributed by atoms with Gasteiger partial charge in [0.2, 0.25) is 0 Å². The van der Waals surface area contributed by atoms with E-state index in [1.54, 1.807) is 18.2 Å². The molecule has 2 heterocycles. The number of carboxylic acid groups (broad SMARTS) is 1. The number of carboxylic acids is 1. The van der Waals surface area contributed by atoms with E-state index in [1.807, 2.05) is 6.07 Å². The lowest BCUT2D eigenvalue weighted by Crippen LogP contribution is -2.44. The molecule has 1 N–H and O–H groups in total. The molecule has 0 aliphatic carbocycles. The zero-order valence-corrected chi connectivity index (χ0v) is 20.9. The fourth-order valence-electron chi connectivity index (χ4n) is 4.66. The monoisotopic (exact) mass is 552 g/mol. The van der Waals surface area contributed by atoms with Gasteiger partial charge in [-0.1, -0.05) is 24.3 Å². The third-order valence-electron chi connectivity index (χ3n) is 6.60. The molecule has 4 rings (SSSR count). The van der Waals surface area contributed by atoms with E-state index >= 15 is 0 Å². The van der Waals surface area contributed by atoms with Crippen LogP contribution in [0.2, 0.25) is 0 Å². The van der Waals surface area contributed by atoms with Crippen LogP contribution in [0.15, 0.2) is 48.7 Å². The predicted molar refractivity (Wildman–Crippen MR) is 133 cm³/mol. The first-order valence-corrected chi connectivity index (χ1v) is 11.7. The van der Waals surface area contributed by atoms with E-state index in [9.17, 15) is 43.2 Å². The Hall–Kier alpha value is -5.19. The van der Waals surface area contributed by atoms with Crippen LogP contribution in [0, 0.1) is 21.4 Å². The third kappa shape index (κ3) is 4.73. The van der Waals surface area contributed by atoms with Crippen molar-refractivity contribution in [1.29, 1.82) is 5.26 Å². The topological polar surface area (TPSA) is 165 Å². The van der Waals surface area contributed by atoms with Crippen molar-refractivity contribution in [1.82, 2.24) is 20.0 Å². The zero-order chi connectivity index (χ0) is 29.4. The van der Waals surface area contributed by atoms with Gasteiger partial charge in [0, 0.05) is 17.0 Å². The number of aromatic carboxylic acids is 1. The highest BCUT2D eigenvalue weighted by atomic mass is 19.4. The lowest BCUT2D eigenvalue weighted by atomic mass is 9.73. The van der Waals surface area contributed by atoms with Crippen molar-refractivity contribution in [2.45, 2.75) is 38.4 Å². The smallest absolute Gasteiger partial charge is 0.404 e. The summed E-state index contributed by atoms with van der Waals surface area (Å²) >= 11 is 0. The Morgan fingerprint density at radius 2 is 1.90 bits per heavy atom. The molecule has 40 heavy (non-hydrogen) atoms. The molecule has 11 nitrogen and oxygen atoms in total. The van der Waals surface area contributed by atoms with Crippen LogP contribution >= 0.6 is 0 Å². The van der Waals surface area contributed by atoms with Crippen LogP contribution in [0.25, 0.3) is 10.9 Å². The number of fused-ring (bicyclic) bond motifs is 1. The summed E-state index contributed by atoms with van der Waals surface area (Å²) in [4.78, 5) is 38.4. The van der Waals surface area contributed by atoms with E-state index < -0.39 is 51.4 Å². The number of nitriles is 1. The van der Waals surface area contributed by atoms with Crippen molar-refractivity contribution in [3.8, 4) is 6.07 Å². The lowest BCUT2D eigenvalue weighted by Gasteiger charge is -2.33. The predicted octanol–water partition coefficient (Wildman–Crippen LogP) is 4.81. The quantitative estimate of drug-likeness (QED) is 0.183. The number of alkyl halides is 3. The summed E-state index contributed by atoms with van der Waals surface area (Å²) in [6.07, 6.45) is -4.85. The molecule has 4 aromatic rings. The number of hydrogen-bond acceptors (Lipinski definition) is 8. The van der Waals surface area contributed by atoms with E-state index in [2.05, 4.69) is 15.3 Å². The molecule has 0 fully saturated rings. The first-order valence-electron chi connectivity index (χ1n) is 11.7. The molecule has 204 valence electrons. The maximum Gasteiger partial charge on any atom is 0.404 e. The molecule has 14 heteroatoms. The Kier molecular flexibility index (Phi) is 7.08. The van der Waals surface area contributed by atoms with Crippen LogP contribution in [0.1, 0.15) is 63.5 Å². The Morgan fingerprint density at radius 1 is 1.18 bits per heavy atom. The van der Waals surface area contributed by atoms with Gasteiger partial charge in [0.25, 0.3) is 5.69 Å². The number of carbonyl (C=O) groups excluding carboxylic acids is 1. The SMILES string of the molecule is CCC(c1cn(Cc2ccc3c(C(C)=O)cc(C#N)nc3c2)nn1)(c1cc(C(=O)O)ccc1[N+](=O)[O-])C(F)(F)F. The van der Waals surface area contributed by atoms with Crippen LogP contribution in [-0.2, 0) is 12.0 Å². The van der Waals surface area contributed by atoms with Crippen molar-refractivity contribution < 1.29 is 32.8 Å². The highest BCUT2D eigenvalue weighted by Crippen LogP contribution is 2.51. The van der Waals surface area contributed by atoms with E-state index in [1.165, 1.54) is 13.0 Å². The number of pyridine rings is 1. The van der Waals surface area contributed by atoms with Crippen LogP contribution in [-0.4, -0.2) is 47.9 Å². The van der Waals surface area contributed by atoms with E-state index in [0.717, 1.165) is 29.9 Å². The van der Waals surface area contributed by atoms with Gasteiger partial charge in [0.15, 0.2) is 5.78 Å². The van der Waals surface area contributed by atoms with Gasteiger partial charge in [-0.15, -0.1) is 5.10 Å². The molecule has 0 aliphatic heterocycles. The second-order valence-electron chi connectivity index (χ2n) is 8.93. The van der Waals surface area contributed by atoms with Crippen LogP contribution in [0.4, 0.5) is 18.9 Å². The second-order valence-corrected chi connectivity index (χ2v) is 8.93. The summed E-state index contributed by atoms with van der Waals surface area (Å²) < 4.78 is 45.5. The van der Waals surface area contributed by atoms with E-state index in [0.29, 0.717) is 28.1 Å². The van der Waals surface area contributed by atoms with Crippen molar-refractivity contribution >= 4 is 28.3 Å². The summed E-state index contributed by atoms with van der Waals surface area (Å²) in [6.45, 7) is 2.42. The number of ketones is 1. The van der Waals surface area contributed by atoms with Gasteiger partial charge in [0.05, 0.1) is 34.3 Å². The molecule has 0 bridgehead atoms. The molecule has 0 saturated heterocycles. The molecule has 0 radical (unpaired) electrons. The minimum Gasteiger partial charge on any atom is -0.478 e. The van der Waals surface area contributed by atoms with Crippen molar-refractivity contribution in [3.05, 3.63) is 92.4 Å². The van der Waals surface area contributed by atoms with E-state index in [4.69, 9.17) is 0 Å². The number of carbonyl (C=O) groups is 2. The Labute approximate surface area is 223 Å². The first-order chi connectivity index (χ1) is 18.8. The summed E-state index contributed by atoms with van der Waals surface area (Å²) in [6, 6.07) is 10.3. The number of benzene rings is 2. The number of nitro groups is 1. The Balaban J connectivity index is 1.83. The largest absolute Gasteiger partial charge is 0.478 e. The molecule has 2 aromatic heterocycles. The zero-order valence-electron chi connectivity index (χ0n) is 20.9. The van der Waals surface area contributed by atoms with Crippen molar-refractivity contribution in [3.63, 3.8) is 0 Å². The fourth-order valence-corrected chi connectivity index (χ4v) is 4.66. The van der Waals surface area contributed by atoms with Gasteiger partial charge >= 0.3 is 12.1 Å². The van der Waals surface area contributed by atoms with E-state index in [-0.39, 0.29) is 18.0 Å². The van der Waals surface area contributed by atoms with Crippen molar-refractivity contribution in [2.75, 3.05) is 0 Å². The number of nitrogens with zero attached hydrogens (tertiary/aromatic N) is 6. The first kappa shape index (κ1) is 27.8. The number of nitro benzene ring substituents is 1. The summed E-state index contributed by atoms with van der Waals surface area (Å²) in [5.74, 6) is -1.83. The van der Waals surface area contributed by atoms with Crippen LogP contribution in [0.3, 0.4) is 0 Å². The molecule has 2 aromatic carbocycles. The van der Waals surface area contributed by atoms with Gasteiger partial charge in [-0.05, 0) is 43.2 Å². The number of rotatable bonds is 8. The maximum absolute atomic E-state index is 14.8. The van der Waals surface area contributed by atoms with Gasteiger partial charge in [-0.2, -0.15) is 18.4 Å². The highest BCUT2D eigenvalue weighted by molar-refractivity contribution is 6.06. The normalized spacial score (nSPS) is 13.0. The number of halogens is 3. The molecular formula is C26H19F3N6O5. The highest BCUT2D eigenvalue weighted by Gasteiger charge is 2.60. The molecule has 0 aliphatic rings. The molecule has 1 unspecified atom stereocenters. The molecule has 0 saturated carbocycles. The fraction of sp³-hybridized carbons (Fsp3) is 0.231. The van der Waals surface area contributed by atoms with Gasteiger partial charge in [-0.25, -0.2) is 14.5 Å². The third-order valence-corrected chi connectivity index (χ3v) is 6.60. The number of aromatic nitrogens is 4. The van der Waals surface area contributed by atoms with Crippen LogP contribution < -0.4 is 0 Å². The second kappa shape index (κ2) is 10.2. The lowest BCUT2D eigenvalue weighted by molar-refractivity contribution is -0.386. The summed E-state index contributed by atoms with van der Waals surface area (Å²) in [7, 11) is 0. The Morgan fingerprint density at radius 3 is 2.48 bits per heavy atom. The van der Waals surface area contributed by atoms with Crippen LogP contribution in [0.5, 0.6) is 0 Å². The minimum absolute atomic E-state index is 0.0148. The summed E-state index contributed by atoms with van der Waals surface area (Å²) in [5, 5.41) is 38.3. The number of Topliss-reactive ketones (excluding diaryl/α,β-unsaturated/α-hetero) is 1. The summed E-state index contributed by atoms with van der Waals surface area (Å²) in [5.41, 5.74) is -4.89. The maximum atomic E-state index is 14.8. The molecule has 0 spiro atoms. The average Bonchev–Trinajstić information content (AvgIpc) is 3.35.